The third-order valence-corrected chi connectivity index (χ3v) is 9.03. The molecule has 9 nitrogen and oxygen atoms in total. The van der Waals surface area contributed by atoms with Gasteiger partial charge in [-0.3, -0.25) is 19.6 Å². The van der Waals surface area contributed by atoms with Crippen LogP contribution >= 0.6 is 11.6 Å². The number of benzene rings is 2. The summed E-state index contributed by atoms with van der Waals surface area (Å²) in [5, 5.41) is 2.32. The number of carbonyl (C=O) groups is 2. The van der Waals surface area contributed by atoms with Gasteiger partial charge in [0.05, 0.1) is 35.9 Å². The van der Waals surface area contributed by atoms with E-state index in [4.69, 9.17) is 11.6 Å². The van der Waals surface area contributed by atoms with Crippen LogP contribution in [0.2, 0.25) is 5.02 Å². The number of sulfone groups is 1. The van der Waals surface area contributed by atoms with Gasteiger partial charge in [-0.1, -0.05) is 48.5 Å². The summed E-state index contributed by atoms with van der Waals surface area (Å²) in [7, 11) is -1.90. The van der Waals surface area contributed by atoms with Crippen molar-refractivity contribution in [2.24, 2.45) is 0 Å². The molecule has 2 amide bonds. The summed E-state index contributed by atoms with van der Waals surface area (Å²) < 4.78 is 40.9. The third-order valence-electron chi connectivity index (χ3n) is 7.73. The van der Waals surface area contributed by atoms with Gasteiger partial charge in [0.2, 0.25) is 5.91 Å². The predicted octanol–water partition coefficient (Wildman–Crippen LogP) is 3.84. The largest absolute Gasteiger partial charge is 0.354 e. The average molecular weight is 594 g/mol. The maximum absolute atomic E-state index is 16.3. The molecule has 12 heteroatoms. The van der Waals surface area contributed by atoms with Gasteiger partial charge in [0, 0.05) is 47.4 Å². The average Bonchev–Trinajstić information content (AvgIpc) is 2.94. The first-order valence-corrected chi connectivity index (χ1v) is 15.2. The number of rotatable bonds is 4. The number of piperazine rings is 1. The molecule has 2 atom stereocenters. The highest BCUT2D eigenvalue weighted by molar-refractivity contribution is 7.90. The molecule has 0 N–H and O–H groups in total. The number of hydrogen-bond acceptors (Lipinski definition) is 7. The van der Waals surface area contributed by atoms with Gasteiger partial charge >= 0.3 is 0 Å². The molecule has 0 radical (unpaired) electrons. The first kappa shape index (κ1) is 27.1. The molecule has 210 valence electrons. The molecule has 2 aliphatic heterocycles. The highest BCUT2D eigenvalue weighted by Gasteiger charge is 2.46. The number of nitrogens with zero attached hydrogens (tertiary/aromatic N) is 5. The zero-order valence-electron chi connectivity index (χ0n) is 22.2. The maximum Gasteiger partial charge on any atom is 0.251 e. The van der Waals surface area contributed by atoms with Crippen molar-refractivity contribution in [3.8, 4) is 11.3 Å². The van der Waals surface area contributed by atoms with Crippen LogP contribution in [0.5, 0.6) is 0 Å². The molecule has 0 bridgehead atoms. The van der Waals surface area contributed by atoms with E-state index in [1.54, 1.807) is 30.1 Å². The number of carbonyl (C=O) groups excluding carboxylic acids is 2. The van der Waals surface area contributed by atoms with Crippen LogP contribution in [0.25, 0.3) is 32.9 Å². The van der Waals surface area contributed by atoms with Crippen molar-refractivity contribution in [3.05, 3.63) is 72.3 Å². The van der Waals surface area contributed by atoms with Gasteiger partial charge in [-0.2, -0.15) is 0 Å². The molecular formula is C29H25ClFN5O4S. The van der Waals surface area contributed by atoms with E-state index in [-0.39, 0.29) is 36.0 Å². The molecule has 0 spiro atoms. The molecule has 0 aliphatic carbocycles. The number of aromatic nitrogens is 2. The van der Waals surface area contributed by atoms with E-state index >= 15 is 4.39 Å². The van der Waals surface area contributed by atoms with Gasteiger partial charge in [0.1, 0.15) is 27.1 Å². The van der Waals surface area contributed by atoms with Gasteiger partial charge in [-0.15, -0.1) is 0 Å². The Morgan fingerprint density at radius 2 is 1.90 bits per heavy atom. The summed E-state index contributed by atoms with van der Waals surface area (Å²) in [4.78, 5) is 39.6. The second-order valence-corrected chi connectivity index (χ2v) is 12.9. The molecule has 2 aromatic heterocycles. The van der Waals surface area contributed by atoms with Crippen LogP contribution in [0.4, 0.5) is 15.8 Å². The first-order chi connectivity index (χ1) is 19.5. The van der Waals surface area contributed by atoms with Crippen LogP contribution in [-0.4, -0.2) is 79.3 Å². The molecule has 4 heterocycles. The van der Waals surface area contributed by atoms with Crippen molar-refractivity contribution in [1.82, 2.24) is 14.9 Å². The Morgan fingerprint density at radius 3 is 2.61 bits per heavy atom. The fourth-order valence-electron chi connectivity index (χ4n) is 5.90. The zero-order valence-corrected chi connectivity index (χ0v) is 23.8. The second kappa shape index (κ2) is 9.78. The summed E-state index contributed by atoms with van der Waals surface area (Å²) in [5.74, 6) is -1.72. The van der Waals surface area contributed by atoms with Crippen LogP contribution in [0.15, 0.2) is 61.4 Å². The lowest BCUT2D eigenvalue weighted by molar-refractivity contribution is -0.130. The molecule has 1 fully saturated rings. The normalized spacial score (nSPS) is 18.9. The van der Waals surface area contributed by atoms with Gasteiger partial charge in [-0.05, 0) is 17.5 Å². The van der Waals surface area contributed by atoms with Crippen LogP contribution < -0.4 is 9.80 Å². The zero-order chi connectivity index (χ0) is 29.2. The van der Waals surface area contributed by atoms with Crippen molar-refractivity contribution in [2.75, 3.05) is 41.9 Å². The fraction of sp³-hybridized carbons (Fsp3) is 0.241. The van der Waals surface area contributed by atoms with Crippen molar-refractivity contribution in [2.45, 2.75) is 12.1 Å². The van der Waals surface area contributed by atoms with E-state index in [1.165, 1.54) is 22.2 Å². The van der Waals surface area contributed by atoms with E-state index in [1.807, 2.05) is 18.2 Å². The van der Waals surface area contributed by atoms with Crippen LogP contribution in [-0.2, 0) is 19.4 Å². The number of halogens is 2. The summed E-state index contributed by atoms with van der Waals surface area (Å²) in [6, 6.07) is 9.29. The Labute approximate surface area is 240 Å². The van der Waals surface area contributed by atoms with Gasteiger partial charge in [-0.25, -0.2) is 12.8 Å². The minimum absolute atomic E-state index is 0.0330. The lowest BCUT2D eigenvalue weighted by atomic mass is 9.97. The lowest BCUT2D eigenvalue weighted by Gasteiger charge is -2.50. The summed E-state index contributed by atoms with van der Waals surface area (Å²) in [5.41, 5.74) is 1.57. The number of likely N-dealkylation sites (N-methyl/N-ethyl adjacent to an activating group) is 1. The topological polar surface area (TPSA) is 104 Å². The molecule has 4 aromatic rings. The minimum atomic E-state index is -3.49. The number of anilines is 2. The summed E-state index contributed by atoms with van der Waals surface area (Å²) >= 11 is 6.50. The number of amides is 2. The Bertz CT molecular complexity index is 1890. The van der Waals surface area contributed by atoms with Crippen molar-refractivity contribution < 1.29 is 22.4 Å². The summed E-state index contributed by atoms with van der Waals surface area (Å²) in [6.45, 7) is 3.51. The van der Waals surface area contributed by atoms with Crippen molar-refractivity contribution in [1.29, 1.82) is 0 Å². The third kappa shape index (κ3) is 4.40. The number of fused-ring (bicyclic) bond motifs is 6. The Morgan fingerprint density at radius 1 is 1.17 bits per heavy atom. The van der Waals surface area contributed by atoms with Crippen LogP contribution in [0.3, 0.4) is 0 Å². The number of pyridine rings is 2. The van der Waals surface area contributed by atoms with Crippen LogP contribution in [0.1, 0.15) is 0 Å². The van der Waals surface area contributed by atoms with Crippen molar-refractivity contribution >= 4 is 66.3 Å². The second-order valence-electron chi connectivity index (χ2n) is 10.3. The fourth-order valence-corrected chi connectivity index (χ4v) is 7.16. The van der Waals surface area contributed by atoms with E-state index in [0.717, 1.165) is 17.7 Å². The predicted molar refractivity (Wildman–Crippen MR) is 157 cm³/mol. The highest BCUT2D eigenvalue weighted by atomic mass is 35.5. The molecule has 41 heavy (non-hydrogen) atoms. The maximum atomic E-state index is 16.3. The van der Waals surface area contributed by atoms with E-state index in [9.17, 15) is 18.0 Å². The Balaban J connectivity index is 1.54. The highest BCUT2D eigenvalue weighted by Crippen LogP contribution is 2.44. The molecule has 0 saturated carbocycles. The van der Waals surface area contributed by atoms with Gasteiger partial charge in [0.25, 0.3) is 5.91 Å². The molecular weight excluding hydrogens is 569 g/mol. The first-order valence-electron chi connectivity index (χ1n) is 12.8. The van der Waals surface area contributed by atoms with E-state index in [2.05, 4.69) is 16.5 Å². The minimum Gasteiger partial charge on any atom is -0.354 e. The van der Waals surface area contributed by atoms with Gasteiger partial charge in [0.15, 0.2) is 5.82 Å². The number of hydrogen-bond donors (Lipinski definition) is 0. The monoisotopic (exact) mass is 593 g/mol. The van der Waals surface area contributed by atoms with Gasteiger partial charge < -0.3 is 14.7 Å². The van der Waals surface area contributed by atoms with E-state index in [0.29, 0.717) is 32.7 Å². The molecule has 6 rings (SSSR count). The molecule has 2 unspecified atom stereocenters. The standard InChI is InChI=1S/C29H25ClFN5O4S/c1-4-23(37)35-14-22-29(38)34(2)21-12-33-27-19(28(21)36(22)13-17(35)15-41(3,39)40)11-32-26(25(27)31)18-9-5-7-16-8-6-10-20(30)24(16)18/h4-12,17,22H,1,13-15H2,2-3H3. The molecule has 2 aliphatic rings. The quantitative estimate of drug-likeness (QED) is 0.331. The molecule has 2 aromatic carbocycles. The van der Waals surface area contributed by atoms with Crippen molar-refractivity contribution in [3.63, 3.8) is 0 Å². The SMILES string of the molecule is C=CC(=O)N1CC2C(=O)N(C)c3cnc4c(F)c(-c5cccc6cccc(Cl)c56)ncc4c3N2CC1CS(C)(=O)=O. The van der Waals surface area contributed by atoms with E-state index < -0.39 is 33.6 Å². The Kier molecular flexibility index (Phi) is 6.46. The smallest absolute Gasteiger partial charge is 0.251 e. The lowest BCUT2D eigenvalue weighted by Crippen LogP contribution is -2.67. The Hall–Kier alpha value is -4.09. The summed E-state index contributed by atoms with van der Waals surface area (Å²) in [6.07, 6.45) is 5.15. The van der Waals surface area contributed by atoms with Crippen LogP contribution in [0, 0.1) is 5.82 Å². The molecule has 1 saturated heterocycles.